The standard InChI is InChI=1S/C26H36O5Si/c1-25(2,3)32(21-13-9-7-10-14-21,22-15-11-8-12-16-22)31-19-26(4,5)23(28)17-20(27)18-24(29)30-6/h7-16,23,28H,17-19H2,1-6H3/t23-/m0/s1. The van der Waals surface area contributed by atoms with Gasteiger partial charge in [0.15, 0.2) is 0 Å². The van der Waals surface area contributed by atoms with Crippen molar-refractivity contribution in [1.29, 1.82) is 0 Å². The number of ketones is 1. The first kappa shape index (κ1) is 26.0. The van der Waals surface area contributed by atoms with Gasteiger partial charge in [-0.05, 0) is 15.4 Å². The Hall–Kier alpha value is -2.28. The molecule has 0 unspecified atom stereocenters. The maximum atomic E-state index is 12.2. The van der Waals surface area contributed by atoms with Crippen LogP contribution in [0.5, 0.6) is 0 Å². The van der Waals surface area contributed by atoms with Gasteiger partial charge in [-0.15, -0.1) is 0 Å². The van der Waals surface area contributed by atoms with Crippen molar-refractivity contribution in [2.24, 2.45) is 5.41 Å². The largest absolute Gasteiger partial charge is 0.469 e. The first-order chi connectivity index (χ1) is 14.9. The van der Waals surface area contributed by atoms with Gasteiger partial charge >= 0.3 is 5.97 Å². The first-order valence-corrected chi connectivity index (χ1v) is 12.9. The number of aliphatic hydroxyl groups excluding tert-OH is 1. The zero-order valence-corrected chi connectivity index (χ0v) is 21.1. The molecule has 0 saturated carbocycles. The summed E-state index contributed by atoms with van der Waals surface area (Å²) >= 11 is 0. The van der Waals surface area contributed by atoms with E-state index in [0.717, 1.165) is 10.4 Å². The molecular weight excluding hydrogens is 420 g/mol. The molecule has 0 heterocycles. The molecule has 2 rings (SSSR count). The molecule has 0 aromatic heterocycles. The molecule has 0 amide bonds. The SMILES string of the molecule is COC(=O)CC(=O)C[C@H](O)C(C)(C)CO[Si](c1ccccc1)(c1ccccc1)C(C)(C)C. The Morgan fingerprint density at radius 1 is 0.906 bits per heavy atom. The molecule has 0 fully saturated rings. The predicted octanol–water partition coefficient (Wildman–Crippen LogP) is 3.47. The number of rotatable bonds is 10. The maximum absolute atomic E-state index is 12.2. The average Bonchev–Trinajstić information content (AvgIpc) is 2.74. The predicted molar refractivity (Wildman–Crippen MR) is 130 cm³/mol. The molecule has 0 saturated heterocycles. The lowest BCUT2D eigenvalue weighted by molar-refractivity contribution is -0.144. The van der Waals surface area contributed by atoms with Gasteiger partial charge in [0.2, 0.25) is 0 Å². The van der Waals surface area contributed by atoms with Crippen molar-refractivity contribution in [3.05, 3.63) is 60.7 Å². The Labute approximate surface area is 192 Å². The van der Waals surface area contributed by atoms with E-state index >= 15 is 0 Å². The highest BCUT2D eigenvalue weighted by molar-refractivity contribution is 6.99. The molecule has 0 aliphatic rings. The molecule has 0 spiro atoms. The number of benzene rings is 2. The molecule has 1 atom stereocenters. The average molecular weight is 457 g/mol. The third-order valence-electron chi connectivity index (χ3n) is 5.97. The molecule has 0 aliphatic heterocycles. The monoisotopic (exact) mass is 456 g/mol. The van der Waals surface area contributed by atoms with Gasteiger partial charge in [-0.1, -0.05) is 95.3 Å². The summed E-state index contributed by atoms with van der Waals surface area (Å²) in [5.41, 5.74) is -0.696. The molecule has 32 heavy (non-hydrogen) atoms. The molecule has 0 aliphatic carbocycles. The zero-order valence-electron chi connectivity index (χ0n) is 20.1. The maximum Gasteiger partial charge on any atom is 0.313 e. The van der Waals surface area contributed by atoms with Crippen molar-refractivity contribution in [1.82, 2.24) is 0 Å². The lowest BCUT2D eigenvalue weighted by atomic mass is 9.84. The van der Waals surface area contributed by atoms with Crippen LogP contribution in [0.4, 0.5) is 0 Å². The summed E-state index contributed by atoms with van der Waals surface area (Å²) in [4.78, 5) is 23.6. The third kappa shape index (κ3) is 5.94. The Bertz CT molecular complexity index is 848. The summed E-state index contributed by atoms with van der Waals surface area (Å²) in [5.74, 6) is -0.938. The second-order valence-electron chi connectivity index (χ2n) is 9.95. The van der Waals surface area contributed by atoms with Crippen molar-refractivity contribution in [2.75, 3.05) is 13.7 Å². The van der Waals surface area contributed by atoms with Crippen molar-refractivity contribution in [3.8, 4) is 0 Å². The van der Waals surface area contributed by atoms with Crippen molar-refractivity contribution >= 4 is 30.4 Å². The van der Waals surface area contributed by atoms with Crippen LogP contribution in [0.2, 0.25) is 5.04 Å². The van der Waals surface area contributed by atoms with E-state index < -0.39 is 25.8 Å². The second-order valence-corrected chi connectivity index (χ2v) is 14.3. The Morgan fingerprint density at radius 2 is 1.38 bits per heavy atom. The minimum Gasteiger partial charge on any atom is -0.469 e. The van der Waals surface area contributed by atoms with E-state index in [-0.39, 0.29) is 30.3 Å². The summed E-state index contributed by atoms with van der Waals surface area (Å²) in [6.45, 7) is 10.6. The normalized spacial score (nSPS) is 13.5. The van der Waals surface area contributed by atoms with E-state index in [0.29, 0.717) is 0 Å². The molecule has 0 bridgehead atoms. The lowest BCUT2D eigenvalue weighted by Gasteiger charge is -2.45. The Balaban J connectivity index is 2.36. The molecule has 0 radical (unpaired) electrons. The van der Waals surface area contributed by atoms with Gasteiger partial charge in [-0.3, -0.25) is 9.59 Å². The van der Waals surface area contributed by atoms with Crippen LogP contribution in [0.1, 0.15) is 47.5 Å². The highest BCUT2D eigenvalue weighted by atomic mass is 28.4. The van der Waals surface area contributed by atoms with Crippen LogP contribution >= 0.6 is 0 Å². The molecule has 1 N–H and O–H groups in total. The lowest BCUT2D eigenvalue weighted by Crippen LogP contribution is -2.67. The molecule has 2 aromatic carbocycles. The number of carbonyl (C=O) groups is 2. The highest BCUT2D eigenvalue weighted by Gasteiger charge is 2.51. The Morgan fingerprint density at radius 3 is 1.78 bits per heavy atom. The van der Waals surface area contributed by atoms with E-state index in [2.05, 4.69) is 49.8 Å². The van der Waals surface area contributed by atoms with Gasteiger partial charge in [-0.25, -0.2) is 0 Å². The number of aliphatic hydroxyl groups is 1. The molecule has 174 valence electrons. The fraction of sp³-hybridized carbons (Fsp3) is 0.462. The number of hydrogen-bond donors (Lipinski definition) is 1. The summed E-state index contributed by atoms with van der Waals surface area (Å²) in [6, 6.07) is 20.6. The van der Waals surface area contributed by atoms with E-state index in [9.17, 15) is 14.7 Å². The summed E-state index contributed by atoms with van der Waals surface area (Å²) in [5, 5.41) is 13.0. The number of hydrogen-bond acceptors (Lipinski definition) is 5. The van der Waals surface area contributed by atoms with Gasteiger partial charge in [-0.2, -0.15) is 0 Å². The third-order valence-corrected chi connectivity index (χ3v) is 11.0. The van der Waals surface area contributed by atoms with Crippen molar-refractivity contribution < 1.29 is 23.9 Å². The van der Waals surface area contributed by atoms with Gasteiger partial charge < -0.3 is 14.3 Å². The van der Waals surface area contributed by atoms with Crippen molar-refractivity contribution in [2.45, 2.75) is 58.6 Å². The van der Waals surface area contributed by atoms with Crippen LogP contribution < -0.4 is 10.4 Å². The molecular formula is C26H36O5Si. The van der Waals surface area contributed by atoms with Gasteiger partial charge in [0.05, 0.1) is 13.2 Å². The zero-order chi connectivity index (χ0) is 24.0. The van der Waals surface area contributed by atoms with Crippen LogP contribution in [0.3, 0.4) is 0 Å². The van der Waals surface area contributed by atoms with Crippen LogP contribution in [0.25, 0.3) is 0 Å². The molecule has 2 aromatic rings. The minimum atomic E-state index is -2.75. The van der Waals surface area contributed by atoms with E-state index in [1.807, 2.05) is 50.2 Å². The van der Waals surface area contributed by atoms with Gasteiger partial charge in [0, 0.05) is 18.4 Å². The summed E-state index contributed by atoms with van der Waals surface area (Å²) in [7, 11) is -1.50. The number of esters is 1. The first-order valence-electron chi connectivity index (χ1n) is 11.0. The number of ether oxygens (including phenoxy) is 1. The number of methoxy groups -OCH3 is 1. The van der Waals surface area contributed by atoms with Crippen LogP contribution in [-0.2, 0) is 18.8 Å². The van der Waals surface area contributed by atoms with Gasteiger partial charge in [0.25, 0.3) is 8.32 Å². The molecule has 5 nitrogen and oxygen atoms in total. The van der Waals surface area contributed by atoms with E-state index in [1.165, 1.54) is 7.11 Å². The van der Waals surface area contributed by atoms with E-state index in [1.54, 1.807) is 0 Å². The smallest absolute Gasteiger partial charge is 0.313 e. The van der Waals surface area contributed by atoms with Crippen LogP contribution in [0, 0.1) is 5.41 Å². The number of carbonyl (C=O) groups excluding carboxylic acids is 2. The second kappa shape index (κ2) is 10.6. The van der Waals surface area contributed by atoms with Crippen LogP contribution in [-0.4, -0.2) is 45.0 Å². The van der Waals surface area contributed by atoms with Gasteiger partial charge in [0.1, 0.15) is 12.2 Å². The Kier molecular flexibility index (Phi) is 8.57. The summed E-state index contributed by atoms with van der Waals surface area (Å²) in [6.07, 6.45) is -1.40. The number of Topliss-reactive ketones (excluding diaryl/α,β-unsaturated/α-hetero) is 1. The van der Waals surface area contributed by atoms with E-state index in [4.69, 9.17) is 4.43 Å². The molecule has 6 heteroatoms. The fourth-order valence-electron chi connectivity index (χ4n) is 3.95. The minimum absolute atomic E-state index is 0.119. The quantitative estimate of drug-likeness (QED) is 0.337. The fourth-order valence-corrected chi connectivity index (χ4v) is 8.69. The van der Waals surface area contributed by atoms with Crippen LogP contribution in [0.15, 0.2) is 60.7 Å². The topological polar surface area (TPSA) is 72.8 Å². The van der Waals surface area contributed by atoms with Crippen molar-refractivity contribution in [3.63, 3.8) is 0 Å². The summed E-state index contributed by atoms with van der Waals surface area (Å²) < 4.78 is 11.5. The highest BCUT2D eigenvalue weighted by Crippen LogP contribution is 2.38.